The Morgan fingerprint density at radius 3 is 2.50 bits per heavy atom. The van der Waals surface area contributed by atoms with E-state index in [0.717, 1.165) is 0 Å². The second-order valence-electron chi connectivity index (χ2n) is 3.76. The number of carbonyl (C=O) groups excluding carboxylic acids is 1. The van der Waals surface area contributed by atoms with E-state index in [4.69, 9.17) is 0 Å². The minimum Gasteiger partial charge on any atom is -0.389 e. The average molecular weight is 197 g/mol. The lowest BCUT2D eigenvalue weighted by Gasteiger charge is -2.25. The molecule has 0 radical (unpaired) electrons. The molecule has 14 heavy (non-hydrogen) atoms. The normalized spacial score (nSPS) is 11.7. The maximum atomic E-state index is 11.4. The van der Waals surface area contributed by atoms with Crippen LogP contribution >= 0.6 is 0 Å². The van der Waals surface area contributed by atoms with Gasteiger partial charge in [-0.15, -0.1) is 0 Å². The molecule has 0 atom stereocenters. The van der Waals surface area contributed by atoms with Crippen LogP contribution in [0.15, 0.2) is 24.9 Å². The van der Waals surface area contributed by atoms with E-state index < -0.39 is 5.60 Å². The van der Waals surface area contributed by atoms with E-state index in [1.807, 2.05) is 0 Å². The van der Waals surface area contributed by atoms with E-state index in [0.29, 0.717) is 13.0 Å². The van der Waals surface area contributed by atoms with E-state index in [1.54, 1.807) is 39.1 Å². The number of carbonyl (C=O) groups is 1. The molecule has 80 valence electrons. The van der Waals surface area contributed by atoms with Gasteiger partial charge in [-0.05, 0) is 19.9 Å². The van der Waals surface area contributed by atoms with Gasteiger partial charge in [-0.25, -0.2) is 0 Å². The van der Waals surface area contributed by atoms with Gasteiger partial charge >= 0.3 is 0 Å². The molecule has 0 aromatic heterocycles. The highest BCUT2D eigenvalue weighted by Crippen LogP contribution is 2.07. The molecule has 0 saturated carbocycles. The molecule has 0 bridgehead atoms. The molecule has 0 aromatic rings. The molecule has 3 heteroatoms. The topological polar surface area (TPSA) is 40.5 Å². The molecule has 0 unspecified atom stereocenters. The number of rotatable bonds is 5. The summed E-state index contributed by atoms with van der Waals surface area (Å²) in [5, 5.41) is 9.58. The first kappa shape index (κ1) is 12.9. The Bertz CT molecular complexity index is 226. The summed E-state index contributed by atoms with van der Waals surface area (Å²) in [6.07, 6.45) is 5.34. The first-order valence-corrected chi connectivity index (χ1v) is 4.71. The van der Waals surface area contributed by atoms with Crippen LogP contribution in [0.2, 0.25) is 0 Å². The molecule has 0 aromatic carbocycles. The van der Waals surface area contributed by atoms with Crippen LogP contribution in [-0.2, 0) is 4.79 Å². The third kappa shape index (κ3) is 5.54. The molecule has 0 heterocycles. The molecule has 1 amide bonds. The number of allylic oxidation sites excluding steroid dienone is 2. The summed E-state index contributed by atoms with van der Waals surface area (Å²) < 4.78 is 0. The van der Waals surface area contributed by atoms with Crippen molar-refractivity contribution >= 4 is 5.91 Å². The molecule has 0 aliphatic heterocycles. The summed E-state index contributed by atoms with van der Waals surface area (Å²) in [6.45, 7) is 8.96. The zero-order valence-corrected chi connectivity index (χ0v) is 9.16. The molecule has 0 saturated heterocycles. The Kier molecular flexibility index (Phi) is 5.16. The summed E-state index contributed by atoms with van der Waals surface area (Å²) in [5.41, 5.74) is -0.879. The van der Waals surface area contributed by atoms with Crippen molar-refractivity contribution in [2.24, 2.45) is 0 Å². The Hall–Kier alpha value is -1.09. The fourth-order valence-electron chi connectivity index (χ4n) is 1.01. The Morgan fingerprint density at radius 1 is 1.57 bits per heavy atom. The highest BCUT2D eigenvalue weighted by atomic mass is 16.3. The predicted molar refractivity (Wildman–Crippen MR) is 57.6 cm³/mol. The SMILES string of the molecule is C=C/C=C\N(CC(C)(C)O)C(=O)CC. The zero-order chi connectivity index (χ0) is 11.2. The average Bonchev–Trinajstić information content (AvgIpc) is 2.09. The minimum atomic E-state index is -0.879. The Balaban J connectivity index is 4.48. The lowest BCUT2D eigenvalue weighted by Crippen LogP contribution is -2.38. The van der Waals surface area contributed by atoms with Gasteiger partial charge in [0.05, 0.1) is 12.1 Å². The molecule has 0 aliphatic rings. The van der Waals surface area contributed by atoms with Crippen molar-refractivity contribution in [3.05, 3.63) is 24.9 Å². The largest absolute Gasteiger partial charge is 0.389 e. The molecule has 0 spiro atoms. The van der Waals surface area contributed by atoms with Gasteiger partial charge in [0.1, 0.15) is 0 Å². The van der Waals surface area contributed by atoms with Crippen molar-refractivity contribution in [1.82, 2.24) is 4.90 Å². The van der Waals surface area contributed by atoms with Crippen molar-refractivity contribution < 1.29 is 9.90 Å². The first-order chi connectivity index (χ1) is 6.40. The van der Waals surface area contributed by atoms with E-state index in [9.17, 15) is 9.90 Å². The van der Waals surface area contributed by atoms with Gasteiger partial charge in [0.15, 0.2) is 0 Å². The fraction of sp³-hybridized carbons (Fsp3) is 0.545. The zero-order valence-electron chi connectivity index (χ0n) is 9.16. The Morgan fingerprint density at radius 2 is 2.14 bits per heavy atom. The van der Waals surface area contributed by atoms with Crippen molar-refractivity contribution in [2.75, 3.05) is 6.54 Å². The lowest BCUT2D eigenvalue weighted by atomic mass is 10.1. The monoisotopic (exact) mass is 197 g/mol. The predicted octanol–water partition coefficient (Wildman–Crippen LogP) is 1.70. The fourth-order valence-corrected chi connectivity index (χ4v) is 1.01. The molecule has 0 rings (SSSR count). The van der Waals surface area contributed by atoms with Crippen LogP contribution in [0.3, 0.4) is 0 Å². The molecular weight excluding hydrogens is 178 g/mol. The first-order valence-electron chi connectivity index (χ1n) is 4.71. The molecule has 3 nitrogen and oxygen atoms in total. The number of aliphatic hydroxyl groups is 1. The van der Waals surface area contributed by atoms with Crippen molar-refractivity contribution in [3.8, 4) is 0 Å². The van der Waals surface area contributed by atoms with Crippen LogP contribution < -0.4 is 0 Å². The second kappa shape index (κ2) is 5.60. The highest BCUT2D eigenvalue weighted by Gasteiger charge is 2.19. The molecule has 0 aliphatic carbocycles. The van der Waals surface area contributed by atoms with Crippen molar-refractivity contribution in [3.63, 3.8) is 0 Å². The van der Waals surface area contributed by atoms with Gasteiger partial charge in [0.2, 0.25) is 5.91 Å². The van der Waals surface area contributed by atoms with E-state index in [1.165, 1.54) is 4.90 Å². The molecule has 1 N–H and O–H groups in total. The van der Waals surface area contributed by atoms with Crippen LogP contribution in [0.25, 0.3) is 0 Å². The van der Waals surface area contributed by atoms with Gasteiger partial charge in [-0.3, -0.25) is 4.79 Å². The van der Waals surface area contributed by atoms with Gasteiger partial charge < -0.3 is 10.0 Å². The number of amides is 1. The van der Waals surface area contributed by atoms with Crippen molar-refractivity contribution in [1.29, 1.82) is 0 Å². The Labute approximate surface area is 85.7 Å². The minimum absolute atomic E-state index is 0.00905. The third-order valence-corrected chi connectivity index (χ3v) is 1.58. The number of hydrogen-bond acceptors (Lipinski definition) is 2. The summed E-state index contributed by atoms with van der Waals surface area (Å²) in [4.78, 5) is 12.9. The van der Waals surface area contributed by atoms with E-state index >= 15 is 0 Å². The van der Waals surface area contributed by atoms with Crippen LogP contribution in [0.1, 0.15) is 27.2 Å². The summed E-state index contributed by atoms with van der Waals surface area (Å²) in [5.74, 6) is -0.00905. The summed E-state index contributed by atoms with van der Waals surface area (Å²) >= 11 is 0. The second-order valence-corrected chi connectivity index (χ2v) is 3.76. The summed E-state index contributed by atoms with van der Waals surface area (Å²) in [6, 6.07) is 0. The van der Waals surface area contributed by atoms with E-state index in [-0.39, 0.29) is 5.91 Å². The standard InChI is InChI=1S/C11H19NO2/c1-5-7-8-12(10(13)6-2)9-11(3,4)14/h5,7-8,14H,1,6,9H2,2-4H3/b8-7-. The quantitative estimate of drug-likeness (QED) is 0.681. The summed E-state index contributed by atoms with van der Waals surface area (Å²) in [7, 11) is 0. The van der Waals surface area contributed by atoms with Crippen LogP contribution in [-0.4, -0.2) is 28.1 Å². The highest BCUT2D eigenvalue weighted by molar-refractivity contribution is 5.77. The van der Waals surface area contributed by atoms with Crippen molar-refractivity contribution in [2.45, 2.75) is 32.8 Å². The van der Waals surface area contributed by atoms with Crippen LogP contribution in [0.4, 0.5) is 0 Å². The van der Waals surface area contributed by atoms with Gasteiger partial charge in [-0.2, -0.15) is 0 Å². The number of nitrogens with zero attached hydrogens (tertiary/aromatic N) is 1. The smallest absolute Gasteiger partial charge is 0.226 e. The van der Waals surface area contributed by atoms with Crippen LogP contribution in [0, 0.1) is 0 Å². The number of hydrogen-bond donors (Lipinski definition) is 1. The third-order valence-electron chi connectivity index (χ3n) is 1.58. The lowest BCUT2D eigenvalue weighted by molar-refractivity contribution is -0.130. The molecular formula is C11H19NO2. The van der Waals surface area contributed by atoms with Gasteiger partial charge in [0.25, 0.3) is 0 Å². The maximum absolute atomic E-state index is 11.4. The molecule has 0 fully saturated rings. The van der Waals surface area contributed by atoms with Gasteiger partial charge in [0, 0.05) is 12.6 Å². The van der Waals surface area contributed by atoms with E-state index in [2.05, 4.69) is 6.58 Å². The van der Waals surface area contributed by atoms with Gasteiger partial charge in [-0.1, -0.05) is 19.6 Å². The maximum Gasteiger partial charge on any atom is 0.226 e. The van der Waals surface area contributed by atoms with Crippen LogP contribution in [0.5, 0.6) is 0 Å².